The summed E-state index contributed by atoms with van der Waals surface area (Å²) in [6.45, 7) is 17.6. The van der Waals surface area contributed by atoms with E-state index in [1.165, 1.54) is 87.6 Å². The normalized spacial score (nSPS) is 12.1. The Kier molecular flexibility index (Phi) is 9.99. The first-order valence-electron chi connectivity index (χ1n) is 27.1. The first kappa shape index (κ1) is 45.8. The number of benzene rings is 9. The van der Waals surface area contributed by atoms with Gasteiger partial charge in [0.05, 0.1) is 44.1 Å². The molecule has 0 spiro atoms. The van der Waals surface area contributed by atoms with E-state index >= 15 is 0 Å². The molecule has 0 saturated carbocycles. The van der Waals surface area contributed by atoms with Gasteiger partial charge in [-0.3, -0.25) is 14.1 Å². The lowest BCUT2D eigenvalue weighted by Crippen LogP contribution is -2.16. The molecule has 0 amide bonds. The van der Waals surface area contributed by atoms with Crippen LogP contribution in [0.4, 0.5) is 0 Å². The summed E-state index contributed by atoms with van der Waals surface area (Å²) in [6.07, 6.45) is 3.83. The van der Waals surface area contributed by atoms with E-state index in [-0.39, 0.29) is 0 Å². The highest BCUT2D eigenvalue weighted by molar-refractivity contribution is 6.16. The van der Waals surface area contributed by atoms with Gasteiger partial charge in [0, 0.05) is 61.0 Å². The second-order valence-electron chi connectivity index (χ2n) is 22.1. The molecule has 6 heteroatoms. The number of rotatable bonds is 6. The van der Waals surface area contributed by atoms with Crippen LogP contribution in [0.15, 0.2) is 194 Å². The smallest absolute Gasteiger partial charge is 0.165 e. The van der Waals surface area contributed by atoms with Crippen LogP contribution in [-0.4, -0.2) is 28.2 Å². The van der Waals surface area contributed by atoms with Crippen LogP contribution in [0.5, 0.6) is 0 Å². The summed E-state index contributed by atoms with van der Waals surface area (Å²) < 4.78 is 10.1. The lowest BCUT2D eigenvalue weighted by Gasteiger charge is -2.27. The Balaban J connectivity index is 1.30. The molecule has 374 valence electrons. The molecule has 0 fully saturated rings. The standard InChI is InChI=1S/C72H56N6/c1-41-13-21-60-52(33-41)53-34-42(2)14-22-61(53)75(60)69-68(51-12-10-9-11-50(51)49-29-31-73-32-30-49)70(76-62-23-15-43(3)35-54(62)55-36-44(4)16-24-63(55)76)72(78-66-27-19-47(7)39-58(66)59-40-48(8)20-28-67(59)78)74-71(69)77-64-25-17-45(5)37-56(64)57-38-46(6)18-26-65(57)77/h9-40H,1-8H3. The van der Waals surface area contributed by atoms with Crippen LogP contribution in [0.3, 0.4) is 0 Å². The zero-order valence-electron chi connectivity index (χ0n) is 45.2. The molecule has 78 heavy (non-hydrogen) atoms. The molecule has 0 aliphatic carbocycles. The van der Waals surface area contributed by atoms with E-state index in [0.717, 1.165) is 89.4 Å². The molecule has 6 heterocycles. The molecule has 9 aromatic carbocycles. The highest BCUT2D eigenvalue weighted by Crippen LogP contribution is 2.51. The summed E-state index contributed by atoms with van der Waals surface area (Å²) in [6, 6.07) is 68.9. The van der Waals surface area contributed by atoms with Crippen molar-refractivity contribution in [2.24, 2.45) is 0 Å². The Morgan fingerprint density at radius 3 is 0.808 bits per heavy atom. The van der Waals surface area contributed by atoms with Gasteiger partial charge < -0.3 is 9.13 Å². The second-order valence-corrected chi connectivity index (χ2v) is 22.1. The summed E-state index contributed by atoms with van der Waals surface area (Å²) in [7, 11) is 0. The average Bonchev–Trinajstić information content (AvgIpc) is 3.89. The Labute approximate surface area is 452 Å². The molecule has 0 aliphatic heterocycles. The van der Waals surface area contributed by atoms with E-state index < -0.39 is 0 Å². The van der Waals surface area contributed by atoms with E-state index in [1.54, 1.807) is 0 Å². The Morgan fingerprint density at radius 1 is 0.269 bits per heavy atom. The molecular formula is C72H56N6. The van der Waals surface area contributed by atoms with Gasteiger partial charge in [0.2, 0.25) is 0 Å². The van der Waals surface area contributed by atoms with E-state index in [1.807, 2.05) is 12.4 Å². The molecule has 0 unspecified atom stereocenters. The van der Waals surface area contributed by atoms with Crippen molar-refractivity contribution in [2.45, 2.75) is 55.4 Å². The molecule has 15 aromatic rings. The van der Waals surface area contributed by atoms with E-state index in [4.69, 9.17) is 4.98 Å². The van der Waals surface area contributed by atoms with E-state index in [9.17, 15) is 0 Å². The molecular weight excluding hydrogens is 949 g/mol. The highest BCUT2D eigenvalue weighted by Gasteiger charge is 2.33. The van der Waals surface area contributed by atoms with Crippen molar-refractivity contribution in [3.05, 3.63) is 239 Å². The van der Waals surface area contributed by atoms with Crippen LogP contribution >= 0.6 is 0 Å². The minimum absolute atomic E-state index is 0.822. The first-order chi connectivity index (χ1) is 38.0. The molecule has 0 N–H and O–H groups in total. The fourth-order valence-electron chi connectivity index (χ4n) is 13.0. The van der Waals surface area contributed by atoms with Crippen LogP contribution in [-0.2, 0) is 0 Å². The number of aryl methyl sites for hydroxylation is 8. The van der Waals surface area contributed by atoms with Crippen LogP contribution < -0.4 is 0 Å². The fraction of sp³-hybridized carbons (Fsp3) is 0.111. The zero-order valence-corrected chi connectivity index (χ0v) is 45.2. The lowest BCUT2D eigenvalue weighted by atomic mass is 9.92. The number of nitrogens with zero attached hydrogens (tertiary/aromatic N) is 6. The second kappa shape index (κ2) is 17.0. The maximum atomic E-state index is 6.52. The molecule has 15 rings (SSSR count). The lowest BCUT2D eigenvalue weighted by molar-refractivity contribution is 0.961. The molecule has 0 saturated heterocycles. The van der Waals surface area contributed by atoms with Crippen molar-refractivity contribution in [3.63, 3.8) is 0 Å². The summed E-state index contributed by atoms with van der Waals surface area (Å²) in [4.78, 5) is 11.1. The number of hydrogen-bond donors (Lipinski definition) is 0. The van der Waals surface area contributed by atoms with Gasteiger partial charge in [0.1, 0.15) is 11.4 Å². The molecule has 0 atom stereocenters. The zero-order chi connectivity index (χ0) is 52.8. The quantitative estimate of drug-likeness (QED) is 0.167. The van der Waals surface area contributed by atoms with Crippen molar-refractivity contribution >= 4 is 87.2 Å². The van der Waals surface area contributed by atoms with Crippen molar-refractivity contribution in [1.82, 2.24) is 28.2 Å². The molecule has 6 aromatic heterocycles. The summed E-state index contributed by atoms with van der Waals surface area (Å²) in [5, 5.41) is 9.55. The van der Waals surface area contributed by atoms with Crippen molar-refractivity contribution < 1.29 is 0 Å². The van der Waals surface area contributed by atoms with Gasteiger partial charge in [-0.2, -0.15) is 0 Å². The maximum Gasteiger partial charge on any atom is 0.165 e. The van der Waals surface area contributed by atoms with Crippen LogP contribution in [0.2, 0.25) is 0 Å². The number of hydrogen-bond acceptors (Lipinski definition) is 2. The van der Waals surface area contributed by atoms with E-state index in [0.29, 0.717) is 0 Å². The third-order valence-corrected chi connectivity index (χ3v) is 16.5. The number of fused-ring (bicyclic) bond motifs is 12. The topological polar surface area (TPSA) is 45.5 Å². The first-order valence-corrected chi connectivity index (χ1v) is 27.1. The molecule has 6 nitrogen and oxygen atoms in total. The van der Waals surface area contributed by atoms with Crippen molar-refractivity contribution in [2.75, 3.05) is 0 Å². The van der Waals surface area contributed by atoms with Crippen LogP contribution in [0.1, 0.15) is 44.5 Å². The third kappa shape index (κ3) is 6.75. The summed E-state index contributed by atoms with van der Waals surface area (Å²) in [5.41, 5.74) is 24.7. The molecule has 0 bridgehead atoms. The predicted molar refractivity (Wildman–Crippen MR) is 328 cm³/mol. The fourth-order valence-corrected chi connectivity index (χ4v) is 13.0. The minimum Gasteiger partial charge on any atom is -0.305 e. The monoisotopic (exact) mass is 1000 g/mol. The minimum atomic E-state index is 0.822. The largest absolute Gasteiger partial charge is 0.305 e. The number of aromatic nitrogens is 6. The summed E-state index contributed by atoms with van der Waals surface area (Å²) in [5.74, 6) is 1.64. The van der Waals surface area contributed by atoms with Crippen molar-refractivity contribution in [3.8, 4) is 45.3 Å². The highest BCUT2D eigenvalue weighted by atomic mass is 15.2. The summed E-state index contributed by atoms with van der Waals surface area (Å²) >= 11 is 0. The van der Waals surface area contributed by atoms with Gasteiger partial charge in [0.15, 0.2) is 11.6 Å². The molecule has 0 radical (unpaired) electrons. The van der Waals surface area contributed by atoms with Gasteiger partial charge in [-0.05, 0) is 181 Å². The van der Waals surface area contributed by atoms with E-state index in [2.05, 4.69) is 261 Å². The van der Waals surface area contributed by atoms with Gasteiger partial charge in [0.25, 0.3) is 0 Å². The van der Waals surface area contributed by atoms with Gasteiger partial charge in [-0.25, -0.2) is 4.98 Å². The Morgan fingerprint density at radius 2 is 0.526 bits per heavy atom. The SMILES string of the molecule is Cc1ccc2c(c1)c1cc(C)ccc1n2-c1nc(-n2c3ccc(C)cc3c3cc(C)ccc32)c(-n2c3ccc(C)cc3c3cc(C)ccc32)c(-c2ccccc2-c2ccncc2)c1-n1c2ccc(C)cc2c2cc(C)ccc21. The predicted octanol–water partition coefficient (Wildman–Crippen LogP) is 18.7. The number of pyridine rings is 2. The van der Waals surface area contributed by atoms with Gasteiger partial charge in [-0.15, -0.1) is 0 Å². The molecule has 0 aliphatic rings. The third-order valence-electron chi connectivity index (χ3n) is 16.5. The van der Waals surface area contributed by atoms with Crippen molar-refractivity contribution in [1.29, 1.82) is 0 Å². The van der Waals surface area contributed by atoms with Gasteiger partial charge in [-0.1, -0.05) is 117 Å². The maximum absolute atomic E-state index is 6.52. The van der Waals surface area contributed by atoms with Gasteiger partial charge >= 0.3 is 0 Å². The van der Waals surface area contributed by atoms with Crippen LogP contribution in [0, 0.1) is 55.4 Å². The Hall–Kier alpha value is -9.52. The van der Waals surface area contributed by atoms with Crippen LogP contribution in [0.25, 0.3) is 132 Å². The average molecular weight is 1010 g/mol. The Bertz CT molecular complexity index is 4540.